The summed E-state index contributed by atoms with van der Waals surface area (Å²) in [6.07, 6.45) is 2.07. The van der Waals surface area contributed by atoms with Crippen LogP contribution in [0.3, 0.4) is 0 Å². The van der Waals surface area contributed by atoms with Gasteiger partial charge in [0.15, 0.2) is 17.3 Å². The molecule has 2 saturated heterocycles. The van der Waals surface area contributed by atoms with Gasteiger partial charge in [-0.25, -0.2) is 13.7 Å². The van der Waals surface area contributed by atoms with E-state index in [0.29, 0.717) is 22.4 Å². The lowest BCUT2D eigenvalue weighted by molar-refractivity contribution is -0.131. The number of hydrogen-bond donors (Lipinski definition) is 1. The maximum atomic E-state index is 14.9. The molecule has 46 heavy (non-hydrogen) atoms. The molecule has 0 aromatic heterocycles. The van der Waals surface area contributed by atoms with Crippen molar-refractivity contribution in [3.63, 3.8) is 0 Å². The highest BCUT2D eigenvalue weighted by Crippen LogP contribution is 2.63. The quantitative estimate of drug-likeness (QED) is 0.213. The van der Waals surface area contributed by atoms with Crippen molar-refractivity contribution in [2.24, 2.45) is 29.1 Å². The third-order valence-electron chi connectivity index (χ3n) is 10.3. The van der Waals surface area contributed by atoms with Crippen molar-refractivity contribution in [3.05, 3.63) is 100 Å². The molecule has 3 fully saturated rings. The normalized spacial score (nSPS) is 28.6. The SMILES string of the molecule is CC(=O)c1ccc(N2C(=O)[C@H]3[C@H](CC=C4[C@H]3C[C@H]3C(=O)N(c5ccc(F)c(Cl)c5)C(=O)[C@@]3(C)[C@H]4c3ccc(O)c(F)c3)C2=O)cc1. The maximum Gasteiger partial charge on any atom is 0.241 e. The van der Waals surface area contributed by atoms with Crippen LogP contribution in [-0.2, 0) is 19.2 Å². The second-order valence-corrected chi connectivity index (χ2v) is 13.0. The summed E-state index contributed by atoms with van der Waals surface area (Å²) in [4.78, 5) is 70.3. The van der Waals surface area contributed by atoms with Crippen molar-refractivity contribution in [3.8, 4) is 5.75 Å². The lowest BCUT2D eigenvalue weighted by Gasteiger charge is -2.49. The van der Waals surface area contributed by atoms with Gasteiger partial charge in [-0.2, -0.15) is 0 Å². The number of rotatable bonds is 4. The van der Waals surface area contributed by atoms with Crippen LogP contribution in [-0.4, -0.2) is 34.5 Å². The molecule has 7 rings (SSSR count). The largest absolute Gasteiger partial charge is 0.505 e. The van der Waals surface area contributed by atoms with Crippen molar-refractivity contribution in [2.75, 3.05) is 9.80 Å². The fourth-order valence-electron chi connectivity index (χ4n) is 8.07. The van der Waals surface area contributed by atoms with Crippen LogP contribution in [0.1, 0.15) is 48.5 Å². The van der Waals surface area contributed by atoms with Gasteiger partial charge in [0.2, 0.25) is 23.6 Å². The number of amides is 4. The number of benzene rings is 3. The van der Waals surface area contributed by atoms with E-state index in [2.05, 4.69) is 0 Å². The van der Waals surface area contributed by atoms with Gasteiger partial charge in [0.1, 0.15) is 5.82 Å². The zero-order chi connectivity index (χ0) is 32.8. The number of allylic oxidation sites excluding steroid dienone is 2. The number of phenols is 1. The number of anilines is 2. The third-order valence-corrected chi connectivity index (χ3v) is 10.6. The molecule has 4 aliphatic rings. The average molecular weight is 645 g/mol. The summed E-state index contributed by atoms with van der Waals surface area (Å²) >= 11 is 6.02. The van der Waals surface area contributed by atoms with Crippen LogP contribution < -0.4 is 9.80 Å². The smallest absolute Gasteiger partial charge is 0.241 e. The predicted molar refractivity (Wildman–Crippen MR) is 163 cm³/mol. The van der Waals surface area contributed by atoms with Crippen molar-refractivity contribution < 1.29 is 37.9 Å². The molecule has 2 aliphatic carbocycles. The van der Waals surface area contributed by atoms with Crippen LogP contribution >= 0.6 is 11.6 Å². The molecule has 1 saturated carbocycles. The predicted octanol–water partition coefficient (Wildman–Crippen LogP) is 5.96. The van der Waals surface area contributed by atoms with Crippen molar-refractivity contribution in [1.82, 2.24) is 0 Å². The molecule has 4 amide bonds. The van der Waals surface area contributed by atoms with E-state index in [0.717, 1.165) is 21.9 Å². The van der Waals surface area contributed by atoms with Crippen molar-refractivity contribution in [2.45, 2.75) is 32.6 Å². The summed E-state index contributed by atoms with van der Waals surface area (Å²) in [6.45, 7) is 3.04. The molecule has 11 heteroatoms. The molecular formula is C35H27ClF2N2O6. The summed E-state index contributed by atoms with van der Waals surface area (Å²) in [6, 6.07) is 13.5. The molecule has 0 radical (unpaired) electrons. The Labute approximate surface area is 267 Å². The minimum atomic E-state index is -1.45. The molecule has 0 bridgehead atoms. The van der Waals surface area contributed by atoms with Gasteiger partial charge in [-0.15, -0.1) is 0 Å². The molecule has 2 heterocycles. The lowest BCUT2D eigenvalue weighted by Crippen LogP contribution is -2.48. The monoisotopic (exact) mass is 644 g/mol. The Morgan fingerprint density at radius 2 is 1.57 bits per heavy atom. The number of carbonyl (C=O) groups excluding carboxylic acids is 5. The first-order valence-electron chi connectivity index (χ1n) is 14.8. The number of ketones is 1. The zero-order valence-electron chi connectivity index (χ0n) is 24.7. The topological polar surface area (TPSA) is 112 Å². The number of fused-ring (bicyclic) bond motifs is 4. The van der Waals surface area contributed by atoms with E-state index in [-0.39, 0.29) is 29.3 Å². The molecule has 1 N–H and O–H groups in total. The number of nitrogens with zero attached hydrogens (tertiary/aromatic N) is 2. The Kier molecular flexibility index (Phi) is 6.79. The summed E-state index contributed by atoms with van der Waals surface area (Å²) in [5.41, 5.74) is 0.335. The second kappa shape index (κ2) is 10.4. The van der Waals surface area contributed by atoms with Gasteiger partial charge < -0.3 is 5.11 Å². The summed E-state index contributed by atoms with van der Waals surface area (Å²) in [7, 11) is 0. The summed E-state index contributed by atoms with van der Waals surface area (Å²) < 4.78 is 28.9. The molecule has 8 nitrogen and oxygen atoms in total. The Bertz CT molecular complexity index is 1930. The van der Waals surface area contributed by atoms with E-state index in [4.69, 9.17) is 11.6 Å². The molecule has 234 valence electrons. The molecule has 6 atom stereocenters. The number of aromatic hydroxyl groups is 1. The van der Waals surface area contributed by atoms with Crippen molar-refractivity contribution >= 4 is 52.4 Å². The number of imide groups is 2. The third kappa shape index (κ3) is 4.12. The first-order chi connectivity index (χ1) is 21.8. The number of phenolic OH excluding ortho intramolecular Hbond substituents is 1. The van der Waals surface area contributed by atoms with Crippen LogP contribution in [0.4, 0.5) is 20.2 Å². The molecule has 0 unspecified atom stereocenters. The zero-order valence-corrected chi connectivity index (χ0v) is 25.4. The van der Waals surface area contributed by atoms with Crippen molar-refractivity contribution in [1.29, 1.82) is 0 Å². The fraction of sp³-hybridized carbons (Fsp3) is 0.286. The minimum Gasteiger partial charge on any atom is -0.505 e. The second-order valence-electron chi connectivity index (χ2n) is 12.6. The van der Waals surface area contributed by atoms with Crippen LogP contribution in [0.5, 0.6) is 5.75 Å². The van der Waals surface area contributed by atoms with Gasteiger partial charge in [-0.3, -0.25) is 28.9 Å². The molecule has 2 aliphatic heterocycles. The van der Waals surface area contributed by atoms with Crippen LogP contribution in [0.15, 0.2) is 72.3 Å². The van der Waals surface area contributed by atoms with Crippen LogP contribution in [0.2, 0.25) is 5.02 Å². The first kappa shape index (κ1) is 30.0. The van der Waals surface area contributed by atoms with E-state index in [1.165, 1.54) is 31.2 Å². The van der Waals surface area contributed by atoms with Gasteiger partial charge in [0, 0.05) is 11.5 Å². The van der Waals surface area contributed by atoms with Gasteiger partial charge in [-0.1, -0.05) is 29.3 Å². The standard InChI is InChI=1S/C35H27ClF2N2O6/c1-16(41)17-3-6-19(7-4-17)39-31(43)22-10-9-21-23(29(22)33(39)45)15-24-32(44)40(20-8-11-26(37)25(36)14-20)34(46)35(24,2)30(21)18-5-12-28(42)27(38)13-18/h3-9,11-14,22-24,29-30,42H,10,15H2,1-2H3/t22-,23+,24-,29-,30-,35+/m0/s1. The van der Waals surface area contributed by atoms with Gasteiger partial charge in [-0.05, 0) is 92.8 Å². The Hall–Kier alpha value is -4.70. The summed E-state index contributed by atoms with van der Waals surface area (Å²) in [5.74, 6) is -8.53. The maximum absolute atomic E-state index is 14.9. The van der Waals surface area contributed by atoms with E-state index < -0.39 is 76.0 Å². The van der Waals surface area contributed by atoms with E-state index in [1.807, 2.05) is 6.08 Å². The molecular weight excluding hydrogens is 618 g/mol. The van der Waals surface area contributed by atoms with Gasteiger partial charge in [0.05, 0.1) is 39.6 Å². The highest BCUT2D eigenvalue weighted by atomic mass is 35.5. The first-order valence-corrected chi connectivity index (χ1v) is 15.2. The van der Waals surface area contributed by atoms with E-state index in [9.17, 15) is 37.9 Å². The van der Waals surface area contributed by atoms with Crippen LogP contribution in [0.25, 0.3) is 0 Å². The Morgan fingerprint density at radius 3 is 2.22 bits per heavy atom. The van der Waals surface area contributed by atoms with E-state index >= 15 is 0 Å². The molecule has 3 aromatic rings. The minimum absolute atomic E-state index is 0.0622. The lowest BCUT2D eigenvalue weighted by atomic mass is 9.51. The number of carbonyl (C=O) groups is 5. The number of hydrogen-bond acceptors (Lipinski definition) is 6. The highest BCUT2D eigenvalue weighted by molar-refractivity contribution is 6.32. The van der Waals surface area contributed by atoms with Gasteiger partial charge >= 0.3 is 0 Å². The molecule has 3 aromatic carbocycles. The van der Waals surface area contributed by atoms with Crippen LogP contribution in [0, 0.1) is 40.7 Å². The van der Waals surface area contributed by atoms with E-state index in [1.54, 1.807) is 31.2 Å². The highest BCUT2D eigenvalue weighted by Gasteiger charge is 2.67. The Morgan fingerprint density at radius 1 is 0.870 bits per heavy atom. The fourth-order valence-corrected chi connectivity index (χ4v) is 8.24. The Balaban J connectivity index is 1.35. The molecule has 0 spiro atoms. The number of Topliss-reactive ketones (excluding diaryl/α,β-unsaturated/α-hetero) is 1. The average Bonchev–Trinajstić information content (AvgIpc) is 3.39. The summed E-state index contributed by atoms with van der Waals surface area (Å²) in [5, 5.41) is 9.69. The number of halogens is 3. The van der Waals surface area contributed by atoms with Gasteiger partial charge in [0.25, 0.3) is 0 Å².